The number of nitrogens with zero attached hydrogens (tertiary/aromatic N) is 4. The first-order valence-electron chi connectivity index (χ1n) is 10.3. The molecular formula is C26H22N4O. The van der Waals surface area contributed by atoms with Crippen LogP contribution in [0.25, 0.3) is 16.7 Å². The van der Waals surface area contributed by atoms with E-state index in [1.807, 2.05) is 72.8 Å². The molecule has 0 N–H and O–H groups in total. The lowest BCUT2D eigenvalue weighted by Gasteiger charge is -2.20. The van der Waals surface area contributed by atoms with Gasteiger partial charge in [-0.2, -0.15) is 5.10 Å². The van der Waals surface area contributed by atoms with Crippen LogP contribution in [-0.2, 0) is 0 Å². The van der Waals surface area contributed by atoms with E-state index in [0.717, 1.165) is 22.4 Å². The van der Waals surface area contributed by atoms with Crippen LogP contribution in [0.3, 0.4) is 0 Å². The van der Waals surface area contributed by atoms with Crippen LogP contribution >= 0.6 is 0 Å². The van der Waals surface area contributed by atoms with E-state index in [9.17, 15) is 4.79 Å². The molecule has 31 heavy (non-hydrogen) atoms. The molecular weight excluding hydrogens is 384 g/mol. The highest BCUT2D eigenvalue weighted by Crippen LogP contribution is 2.26. The van der Waals surface area contributed by atoms with Crippen LogP contribution in [0.1, 0.15) is 28.3 Å². The first kappa shape index (κ1) is 19.0. The summed E-state index contributed by atoms with van der Waals surface area (Å²) in [7, 11) is 0. The Balaban J connectivity index is 1.71. The van der Waals surface area contributed by atoms with Gasteiger partial charge in [0, 0.05) is 0 Å². The van der Waals surface area contributed by atoms with Crippen molar-refractivity contribution >= 4 is 11.0 Å². The molecule has 5 aromatic rings. The number of hydrogen-bond donors (Lipinski definition) is 0. The van der Waals surface area contributed by atoms with E-state index in [0.29, 0.717) is 11.0 Å². The van der Waals surface area contributed by atoms with Crippen molar-refractivity contribution in [3.8, 4) is 5.69 Å². The number of aromatic nitrogens is 4. The summed E-state index contributed by atoms with van der Waals surface area (Å²) in [5.41, 5.74) is 5.72. The van der Waals surface area contributed by atoms with Gasteiger partial charge in [0.2, 0.25) is 0 Å². The van der Waals surface area contributed by atoms with Crippen molar-refractivity contribution in [1.82, 2.24) is 19.3 Å². The molecule has 0 amide bonds. The van der Waals surface area contributed by atoms with E-state index < -0.39 is 0 Å². The van der Waals surface area contributed by atoms with Crippen molar-refractivity contribution in [2.24, 2.45) is 0 Å². The van der Waals surface area contributed by atoms with Gasteiger partial charge >= 0.3 is 0 Å². The van der Waals surface area contributed by atoms with Gasteiger partial charge in [0.25, 0.3) is 5.56 Å². The molecule has 3 aromatic carbocycles. The van der Waals surface area contributed by atoms with Gasteiger partial charge in [-0.1, -0.05) is 72.8 Å². The molecule has 0 spiro atoms. The van der Waals surface area contributed by atoms with Crippen LogP contribution in [0.4, 0.5) is 0 Å². The van der Waals surface area contributed by atoms with Crippen molar-refractivity contribution in [2.45, 2.75) is 19.9 Å². The molecule has 0 atom stereocenters. The molecule has 5 nitrogen and oxygen atoms in total. The van der Waals surface area contributed by atoms with Crippen molar-refractivity contribution in [3.63, 3.8) is 0 Å². The minimum Gasteiger partial charge on any atom is -0.287 e. The zero-order chi connectivity index (χ0) is 21.4. The molecule has 152 valence electrons. The second-order valence-corrected chi connectivity index (χ2v) is 7.69. The number of aryl methyl sites for hydroxylation is 1. The lowest BCUT2D eigenvalue weighted by atomic mass is 9.98. The van der Waals surface area contributed by atoms with E-state index in [2.05, 4.69) is 30.0 Å². The van der Waals surface area contributed by atoms with E-state index in [1.165, 1.54) is 5.56 Å². The summed E-state index contributed by atoms with van der Waals surface area (Å²) in [4.78, 5) is 18.3. The molecule has 5 rings (SSSR count). The summed E-state index contributed by atoms with van der Waals surface area (Å²) in [6.07, 6.45) is 3.26. The summed E-state index contributed by atoms with van der Waals surface area (Å²) in [6.45, 7) is 4.12. The number of fused-ring (bicyclic) bond motifs is 1. The monoisotopic (exact) mass is 406 g/mol. The first-order valence-corrected chi connectivity index (χ1v) is 10.3. The molecule has 5 heteroatoms. The fraction of sp³-hybridized carbons (Fsp3) is 0.115. The fourth-order valence-electron chi connectivity index (χ4n) is 4.04. The van der Waals surface area contributed by atoms with Crippen LogP contribution in [0.15, 0.2) is 96.2 Å². The van der Waals surface area contributed by atoms with E-state index in [1.54, 1.807) is 21.8 Å². The quantitative estimate of drug-likeness (QED) is 0.429. The van der Waals surface area contributed by atoms with Gasteiger partial charge in [-0.3, -0.25) is 9.36 Å². The SMILES string of the molecule is Cc1cccc(-n2ncc3c(=O)n(C(c4ccccc4)c4ccccc4)cnc32)c1C. The van der Waals surface area contributed by atoms with Gasteiger partial charge in [-0.15, -0.1) is 0 Å². The molecule has 0 aliphatic heterocycles. The molecule has 0 saturated heterocycles. The second kappa shape index (κ2) is 7.69. The summed E-state index contributed by atoms with van der Waals surface area (Å²) in [5.74, 6) is 0. The van der Waals surface area contributed by atoms with Crippen LogP contribution in [0.2, 0.25) is 0 Å². The normalized spacial score (nSPS) is 11.3. The molecule has 0 aliphatic carbocycles. The molecule has 0 fully saturated rings. The number of hydrogen-bond acceptors (Lipinski definition) is 3. The van der Waals surface area contributed by atoms with Gasteiger partial charge < -0.3 is 0 Å². The number of rotatable bonds is 4. The molecule has 0 bridgehead atoms. The molecule has 0 saturated carbocycles. The lowest BCUT2D eigenvalue weighted by Crippen LogP contribution is -2.26. The Kier molecular flexibility index (Phi) is 4.71. The Labute approximate surface area is 180 Å². The zero-order valence-corrected chi connectivity index (χ0v) is 17.4. The highest BCUT2D eigenvalue weighted by molar-refractivity contribution is 5.75. The maximum Gasteiger partial charge on any atom is 0.265 e. The average Bonchev–Trinajstić information content (AvgIpc) is 3.24. The average molecular weight is 406 g/mol. The van der Waals surface area contributed by atoms with Crippen LogP contribution in [-0.4, -0.2) is 19.3 Å². The predicted molar refractivity (Wildman–Crippen MR) is 123 cm³/mol. The van der Waals surface area contributed by atoms with Gasteiger partial charge in [-0.05, 0) is 42.2 Å². The number of benzene rings is 3. The van der Waals surface area contributed by atoms with Crippen LogP contribution in [0, 0.1) is 13.8 Å². The van der Waals surface area contributed by atoms with Gasteiger partial charge in [-0.25, -0.2) is 9.67 Å². The maximum atomic E-state index is 13.6. The second-order valence-electron chi connectivity index (χ2n) is 7.69. The smallest absolute Gasteiger partial charge is 0.265 e. The molecule has 2 aromatic heterocycles. The van der Waals surface area contributed by atoms with Gasteiger partial charge in [0.15, 0.2) is 5.65 Å². The van der Waals surface area contributed by atoms with Crippen molar-refractivity contribution in [1.29, 1.82) is 0 Å². The fourth-order valence-corrected chi connectivity index (χ4v) is 4.04. The first-order chi connectivity index (χ1) is 15.1. The Bertz CT molecular complexity index is 1380. The van der Waals surface area contributed by atoms with Crippen molar-refractivity contribution in [2.75, 3.05) is 0 Å². The summed E-state index contributed by atoms with van der Waals surface area (Å²) in [5, 5.41) is 5.02. The van der Waals surface area contributed by atoms with Gasteiger partial charge in [0.1, 0.15) is 11.7 Å². The summed E-state index contributed by atoms with van der Waals surface area (Å²) in [6, 6.07) is 25.8. The predicted octanol–water partition coefficient (Wildman–Crippen LogP) is 4.84. The Morgan fingerprint density at radius 1 is 0.806 bits per heavy atom. The van der Waals surface area contributed by atoms with E-state index >= 15 is 0 Å². The Hall–Kier alpha value is -3.99. The van der Waals surface area contributed by atoms with Crippen LogP contribution < -0.4 is 5.56 Å². The summed E-state index contributed by atoms with van der Waals surface area (Å²) >= 11 is 0. The molecule has 2 heterocycles. The van der Waals surface area contributed by atoms with Gasteiger partial charge in [0.05, 0.1) is 17.9 Å². The van der Waals surface area contributed by atoms with Crippen molar-refractivity contribution in [3.05, 3.63) is 124 Å². The highest BCUT2D eigenvalue weighted by atomic mass is 16.1. The minimum atomic E-state index is -0.268. The van der Waals surface area contributed by atoms with Crippen molar-refractivity contribution < 1.29 is 0 Å². The largest absolute Gasteiger partial charge is 0.287 e. The third kappa shape index (κ3) is 3.24. The topological polar surface area (TPSA) is 52.7 Å². The molecule has 0 unspecified atom stereocenters. The molecule has 0 aliphatic rings. The standard InChI is InChI=1S/C26H22N4O/c1-18-10-9-15-23(19(18)2)30-25-22(16-28-30)26(31)29(17-27-25)24(20-11-5-3-6-12-20)21-13-7-4-8-14-21/h3-17,24H,1-2H3. The zero-order valence-electron chi connectivity index (χ0n) is 17.4. The third-order valence-corrected chi connectivity index (χ3v) is 5.83. The highest BCUT2D eigenvalue weighted by Gasteiger charge is 2.20. The lowest BCUT2D eigenvalue weighted by molar-refractivity contribution is 0.642. The Morgan fingerprint density at radius 3 is 2.10 bits per heavy atom. The molecule has 0 radical (unpaired) electrons. The van der Waals surface area contributed by atoms with E-state index in [4.69, 9.17) is 0 Å². The van der Waals surface area contributed by atoms with E-state index in [-0.39, 0.29) is 11.6 Å². The van der Waals surface area contributed by atoms with Crippen LogP contribution in [0.5, 0.6) is 0 Å². The maximum absolute atomic E-state index is 13.6. The summed E-state index contributed by atoms with van der Waals surface area (Å²) < 4.78 is 3.45. The third-order valence-electron chi connectivity index (χ3n) is 5.83. The Morgan fingerprint density at radius 2 is 1.45 bits per heavy atom. The minimum absolute atomic E-state index is 0.112.